The first-order valence-electron chi connectivity index (χ1n) is 5.60. The SMILES string of the molecule is CCCC(CCC)NCC1CC1. The summed E-state index contributed by atoms with van der Waals surface area (Å²) in [5, 5.41) is 3.68. The van der Waals surface area contributed by atoms with Crippen LogP contribution in [0.3, 0.4) is 0 Å². The molecule has 0 aromatic carbocycles. The van der Waals surface area contributed by atoms with Gasteiger partial charge in [-0.3, -0.25) is 0 Å². The molecule has 0 bridgehead atoms. The Balaban J connectivity index is 2.03. The van der Waals surface area contributed by atoms with Gasteiger partial charge in [-0.25, -0.2) is 0 Å². The second kappa shape index (κ2) is 5.58. The highest BCUT2D eigenvalue weighted by Crippen LogP contribution is 2.27. The van der Waals surface area contributed by atoms with Gasteiger partial charge in [0.05, 0.1) is 0 Å². The molecule has 72 valence electrons. The van der Waals surface area contributed by atoms with Gasteiger partial charge in [0.2, 0.25) is 0 Å². The lowest BCUT2D eigenvalue weighted by Gasteiger charge is -2.16. The molecule has 0 atom stereocenters. The smallest absolute Gasteiger partial charge is 0.00669 e. The molecule has 1 saturated carbocycles. The van der Waals surface area contributed by atoms with Crippen molar-refractivity contribution in [3.63, 3.8) is 0 Å². The molecule has 0 aromatic rings. The second-order valence-electron chi connectivity index (χ2n) is 4.13. The molecule has 1 aliphatic carbocycles. The van der Waals surface area contributed by atoms with Gasteiger partial charge in [0.15, 0.2) is 0 Å². The Kier molecular flexibility index (Phi) is 4.67. The highest BCUT2D eigenvalue weighted by atomic mass is 14.9. The zero-order valence-electron chi connectivity index (χ0n) is 8.60. The molecule has 1 aliphatic rings. The molecule has 0 aliphatic heterocycles. The summed E-state index contributed by atoms with van der Waals surface area (Å²) < 4.78 is 0. The summed E-state index contributed by atoms with van der Waals surface area (Å²) in [6, 6.07) is 0.806. The van der Waals surface area contributed by atoms with Crippen LogP contribution in [0.5, 0.6) is 0 Å². The van der Waals surface area contributed by atoms with Gasteiger partial charge in [-0.05, 0) is 38.1 Å². The van der Waals surface area contributed by atoms with Crippen LogP contribution in [0.25, 0.3) is 0 Å². The molecule has 0 amide bonds. The summed E-state index contributed by atoms with van der Waals surface area (Å²) >= 11 is 0. The molecule has 1 nitrogen and oxygen atoms in total. The van der Waals surface area contributed by atoms with Crippen molar-refractivity contribution in [1.82, 2.24) is 5.32 Å². The second-order valence-corrected chi connectivity index (χ2v) is 4.13. The average Bonchev–Trinajstić information content (AvgIpc) is 2.84. The summed E-state index contributed by atoms with van der Waals surface area (Å²) in [6.07, 6.45) is 8.31. The van der Waals surface area contributed by atoms with Crippen LogP contribution >= 0.6 is 0 Å². The normalized spacial score (nSPS) is 17.2. The molecule has 0 aromatic heterocycles. The summed E-state index contributed by atoms with van der Waals surface area (Å²) in [5.41, 5.74) is 0. The van der Waals surface area contributed by atoms with Crippen LogP contribution in [-0.4, -0.2) is 12.6 Å². The van der Waals surface area contributed by atoms with Gasteiger partial charge in [0.1, 0.15) is 0 Å². The maximum Gasteiger partial charge on any atom is 0.00669 e. The van der Waals surface area contributed by atoms with E-state index in [1.807, 2.05) is 0 Å². The van der Waals surface area contributed by atoms with Gasteiger partial charge in [0.25, 0.3) is 0 Å². The lowest BCUT2D eigenvalue weighted by atomic mass is 10.1. The number of nitrogens with one attached hydrogen (secondary N) is 1. The molecule has 1 fully saturated rings. The fourth-order valence-electron chi connectivity index (χ4n) is 1.70. The predicted octanol–water partition coefficient (Wildman–Crippen LogP) is 2.95. The Morgan fingerprint density at radius 1 is 1.17 bits per heavy atom. The molecule has 0 saturated heterocycles. The van der Waals surface area contributed by atoms with E-state index in [1.165, 1.54) is 45.1 Å². The first-order valence-corrected chi connectivity index (χ1v) is 5.60. The van der Waals surface area contributed by atoms with E-state index in [4.69, 9.17) is 0 Å². The largest absolute Gasteiger partial charge is 0.314 e. The molecule has 0 radical (unpaired) electrons. The quantitative estimate of drug-likeness (QED) is 0.618. The molecule has 1 heteroatoms. The third-order valence-corrected chi connectivity index (χ3v) is 2.67. The monoisotopic (exact) mass is 169 g/mol. The van der Waals surface area contributed by atoms with Crippen LogP contribution < -0.4 is 5.32 Å². The Hall–Kier alpha value is -0.0400. The minimum Gasteiger partial charge on any atom is -0.314 e. The summed E-state index contributed by atoms with van der Waals surface area (Å²) in [7, 11) is 0. The van der Waals surface area contributed by atoms with Crippen molar-refractivity contribution in [2.45, 2.75) is 58.4 Å². The highest BCUT2D eigenvalue weighted by molar-refractivity contribution is 4.77. The van der Waals surface area contributed by atoms with Crippen molar-refractivity contribution in [3.05, 3.63) is 0 Å². The van der Waals surface area contributed by atoms with E-state index >= 15 is 0 Å². The van der Waals surface area contributed by atoms with Crippen LogP contribution in [0.4, 0.5) is 0 Å². The molecule has 0 spiro atoms. The molecule has 0 unspecified atom stereocenters. The number of hydrogen-bond acceptors (Lipinski definition) is 1. The first kappa shape index (κ1) is 10.0. The third kappa shape index (κ3) is 4.10. The zero-order valence-corrected chi connectivity index (χ0v) is 8.60. The summed E-state index contributed by atoms with van der Waals surface area (Å²) in [4.78, 5) is 0. The molecule has 1 N–H and O–H groups in total. The van der Waals surface area contributed by atoms with E-state index in [9.17, 15) is 0 Å². The van der Waals surface area contributed by atoms with E-state index in [0.717, 1.165) is 12.0 Å². The van der Waals surface area contributed by atoms with Crippen LogP contribution in [0, 0.1) is 5.92 Å². The van der Waals surface area contributed by atoms with E-state index in [1.54, 1.807) is 0 Å². The molecule has 0 heterocycles. The molecule has 1 rings (SSSR count). The summed E-state index contributed by atoms with van der Waals surface area (Å²) in [6.45, 7) is 5.84. The Bertz CT molecular complexity index is 102. The Morgan fingerprint density at radius 2 is 1.75 bits per heavy atom. The van der Waals surface area contributed by atoms with Crippen LogP contribution in [0.15, 0.2) is 0 Å². The maximum absolute atomic E-state index is 3.68. The van der Waals surface area contributed by atoms with Gasteiger partial charge in [0, 0.05) is 6.04 Å². The maximum atomic E-state index is 3.68. The highest BCUT2D eigenvalue weighted by Gasteiger charge is 2.21. The minimum atomic E-state index is 0.806. The van der Waals surface area contributed by atoms with Gasteiger partial charge >= 0.3 is 0 Å². The third-order valence-electron chi connectivity index (χ3n) is 2.67. The number of hydrogen-bond donors (Lipinski definition) is 1. The van der Waals surface area contributed by atoms with Crippen molar-refractivity contribution < 1.29 is 0 Å². The molecular weight excluding hydrogens is 146 g/mol. The van der Waals surface area contributed by atoms with E-state index in [2.05, 4.69) is 19.2 Å². The van der Waals surface area contributed by atoms with Crippen molar-refractivity contribution in [2.75, 3.05) is 6.54 Å². The molecule has 12 heavy (non-hydrogen) atoms. The van der Waals surface area contributed by atoms with Crippen LogP contribution in [0.1, 0.15) is 52.4 Å². The fraction of sp³-hybridized carbons (Fsp3) is 1.00. The van der Waals surface area contributed by atoms with Gasteiger partial charge in [-0.1, -0.05) is 26.7 Å². The van der Waals surface area contributed by atoms with Crippen molar-refractivity contribution in [1.29, 1.82) is 0 Å². The minimum absolute atomic E-state index is 0.806. The van der Waals surface area contributed by atoms with Gasteiger partial charge in [-0.2, -0.15) is 0 Å². The van der Waals surface area contributed by atoms with Crippen molar-refractivity contribution >= 4 is 0 Å². The molecular formula is C11H23N. The standard InChI is InChI=1S/C11H23N/c1-3-5-11(6-4-2)12-9-10-7-8-10/h10-12H,3-9H2,1-2H3. The van der Waals surface area contributed by atoms with Crippen molar-refractivity contribution in [2.24, 2.45) is 5.92 Å². The van der Waals surface area contributed by atoms with Gasteiger partial charge < -0.3 is 5.32 Å². The Morgan fingerprint density at radius 3 is 2.17 bits per heavy atom. The fourth-order valence-corrected chi connectivity index (χ4v) is 1.70. The lowest BCUT2D eigenvalue weighted by Crippen LogP contribution is -2.30. The van der Waals surface area contributed by atoms with Crippen molar-refractivity contribution in [3.8, 4) is 0 Å². The van der Waals surface area contributed by atoms with Crippen LogP contribution in [-0.2, 0) is 0 Å². The van der Waals surface area contributed by atoms with E-state index in [0.29, 0.717) is 0 Å². The number of rotatable bonds is 7. The zero-order chi connectivity index (χ0) is 8.81. The lowest BCUT2D eigenvalue weighted by molar-refractivity contribution is 0.435. The topological polar surface area (TPSA) is 12.0 Å². The van der Waals surface area contributed by atoms with Gasteiger partial charge in [-0.15, -0.1) is 0 Å². The summed E-state index contributed by atoms with van der Waals surface area (Å²) in [5.74, 6) is 1.03. The Labute approximate surface area is 76.9 Å². The predicted molar refractivity (Wildman–Crippen MR) is 54.3 cm³/mol. The average molecular weight is 169 g/mol. The van der Waals surface area contributed by atoms with Crippen LogP contribution in [0.2, 0.25) is 0 Å². The van der Waals surface area contributed by atoms with E-state index in [-0.39, 0.29) is 0 Å². The first-order chi connectivity index (χ1) is 5.86. The van der Waals surface area contributed by atoms with E-state index < -0.39 is 0 Å².